The van der Waals surface area contributed by atoms with Gasteiger partial charge in [0.2, 0.25) is 5.91 Å². The summed E-state index contributed by atoms with van der Waals surface area (Å²) in [6.45, 7) is 0.292. The number of anilines is 1. The van der Waals surface area contributed by atoms with Crippen LogP contribution in [0.25, 0.3) is 0 Å². The minimum atomic E-state index is -0.422. The predicted molar refractivity (Wildman–Crippen MR) is 98.4 cm³/mol. The molecule has 2 aliphatic heterocycles. The van der Waals surface area contributed by atoms with Gasteiger partial charge in [-0.15, -0.1) is 0 Å². The number of para-hydroxylation sites is 1. The zero-order valence-corrected chi connectivity index (χ0v) is 14.6. The summed E-state index contributed by atoms with van der Waals surface area (Å²) >= 11 is 0. The summed E-state index contributed by atoms with van der Waals surface area (Å²) in [6.07, 6.45) is 1.50. The number of imide groups is 1. The monoisotopic (exact) mass is 365 g/mol. The fourth-order valence-electron chi connectivity index (χ4n) is 3.43. The van der Waals surface area contributed by atoms with Crippen LogP contribution >= 0.6 is 0 Å². The smallest absolute Gasteiger partial charge is 0.327 e. The topological polar surface area (TPSA) is 79.0 Å². The Kier molecular flexibility index (Phi) is 4.50. The molecule has 27 heavy (non-hydrogen) atoms. The van der Waals surface area contributed by atoms with Gasteiger partial charge in [-0.2, -0.15) is 0 Å². The molecule has 138 valence electrons. The zero-order valence-electron chi connectivity index (χ0n) is 14.6. The van der Waals surface area contributed by atoms with Crippen molar-refractivity contribution in [2.75, 3.05) is 18.4 Å². The maximum atomic E-state index is 12.3. The molecule has 0 radical (unpaired) electrons. The summed E-state index contributed by atoms with van der Waals surface area (Å²) in [6, 6.07) is 15.5. The Hall–Kier alpha value is -3.35. The number of hydrogen-bond donors (Lipinski definition) is 1. The molecule has 2 aromatic rings. The molecule has 0 spiro atoms. The van der Waals surface area contributed by atoms with Gasteiger partial charge in [-0.25, -0.2) is 4.79 Å². The van der Waals surface area contributed by atoms with E-state index in [1.54, 1.807) is 29.2 Å². The van der Waals surface area contributed by atoms with E-state index in [4.69, 9.17) is 4.74 Å². The van der Waals surface area contributed by atoms with Crippen LogP contribution in [0, 0.1) is 0 Å². The third kappa shape index (κ3) is 3.48. The van der Waals surface area contributed by atoms with Crippen molar-refractivity contribution in [1.82, 2.24) is 9.80 Å². The molecule has 1 unspecified atom stereocenters. The van der Waals surface area contributed by atoms with E-state index in [1.807, 2.05) is 30.3 Å². The van der Waals surface area contributed by atoms with Crippen LogP contribution in [0.4, 0.5) is 10.5 Å². The first kappa shape index (κ1) is 17.1. The quantitative estimate of drug-likeness (QED) is 0.827. The van der Waals surface area contributed by atoms with Crippen LogP contribution in [-0.4, -0.2) is 46.8 Å². The fourth-order valence-corrected chi connectivity index (χ4v) is 3.43. The normalized spacial score (nSPS) is 18.6. The van der Waals surface area contributed by atoms with Crippen molar-refractivity contribution < 1.29 is 19.1 Å². The number of hydrogen-bond acceptors (Lipinski definition) is 4. The second-order valence-corrected chi connectivity index (χ2v) is 6.55. The maximum Gasteiger partial charge on any atom is 0.327 e. The Labute approximate surface area is 156 Å². The second kappa shape index (κ2) is 7.11. The molecular weight excluding hydrogens is 346 g/mol. The number of carbonyl (C=O) groups is 3. The van der Waals surface area contributed by atoms with Crippen molar-refractivity contribution in [2.24, 2.45) is 0 Å². The van der Waals surface area contributed by atoms with Crippen molar-refractivity contribution in [3.63, 3.8) is 0 Å². The number of urea groups is 1. The molecule has 1 N–H and O–H groups in total. The number of benzene rings is 2. The third-order valence-corrected chi connectivity index (χ3v) is 4.68. The van der Waals surface area contributed by atoms with Crippen LogP contribution in [0.5, 0.6) is 11.5 Å². The standard InChI is InChI=1S/C20H19N3O4/c24-18(13-23-19(25)17-10-5-11-22(17)20(23)26)21-14-6-4-9-16(12-14)27-15-7-2-1-3-8-15/h1-4,6-9,12,17H,5,10-11,13H2,(H,21,24). The van der Waals surface area contributed by atoms with Gasteiger partial charge >= 0.3 is 6.03 Å². The lowest BCUT2D eigenvalue weighted by atomic mass is 10.2. The van der Waals surface area contributed by atoms with Gasteiger partial charge in [-0.3, -0.25) is 14.5 Å². The molecule has 0 aliphatic carbocycles. The highest BCUT2D eigenvalue weighted by Gasteiger charge is 2.47. The van der Waals surface area contributed by atoms with Gasteiger partial charge in [0.15, 0.2) is 0 Å². The van der Waals surface area contributed by atoms with Crippen molar-refractivity contribution in [3.8, 4) is 11.5 Å². The second-order valence-electron chi connectivity index (χ2n) is 6.55. The number of carbonyl (C=O) groups excluding carboxylic acids is 3. The minimum Gasteiger partial charge on any atom is -0.457 e. The Balaban J connectivity index is 1.39. The summed E-state index contributed by atoms with van der Waals surface area (Å²) < 4.78 is 5.74. The third-order valence-electron chi connectivity index (χ3n) is 4.68. The summed E-state index contributed by atoms with van der Waals surface area (Å²) in [7, 11) is 0. The van der Waals surface area contributed by atoms with E-state index in [9.17, 15) is 14.4 Å². The van der Waals surface area contributed by atoms with Crippen LogP contribution in [0.15, 0.2) is 54.6 Å². The van der Waals surface area contributed by atoms with Crippen LogP contribution in [0.1, 0.15) is 12.8 Å². The minimum absolute atomic E-state index is 0.283. The first-order chi connectivity index (χ1) is 13.1. The van der Waals surface area contributed by atoms with Gasteiger partial charge in [0.05, 0.1) is 0 Å². The van der Waals surface area contributed by atoms with E-state index < -0.39 is 11.9 Å². The molecular formula is C20H19N3O4. The molecule has 1 atom stereocenters. The maximum absolute atomic E-state index is 12.3. The van der Waals surface area contributed by atoms with Gasteiger partial charge in [0, 0.05) is 18.3 Å². The Morgan fingerprint density at radius 2 is 1.85 bits per heavy atom. The molecule has 2 fully saturated rings. The van der Waals surface area contributed by atoms with E-state index in [2.05, 4.69) is 5.32 Å². The number of fused-ring (bicyclic) bond motifs is 1. The highest BCUT2D eigenvalue weighted by molar-refractivity contribution is 6.08. The molecule has 2 heterocycles. The number of rotatable bonds is 5. The fraction of sp³-hybridized carbons (Fsp3) is 0.250. The molecule has 2 saturated heterocycles. The Morgan fingerprint density at radius 3 is 2.63 bits per heavy atom. The summed E-state index contributed by atoms with van der Waals surface area (Å²) in [5.41, 5.74) is 0.535. The van der Waals surface area contributed by atoms with E-state index in [1.165, 1.54) is 0 Å². The molecule has 4 amide bonds. The van der Waals surface area contributed by atoms with E-state index in [0.717, 1.165) is 11.3 Å². The summed E-state index contributed by atoms with van der Waals surface area (Å²) in [5, 5.41) is 2.72. The van der Waals surface area contributed by atoms with Crippen LogP contribution in [0.2, 0.25) is 0 Å². The first-order valence-corrected chi connectivity index (χ1v) is 8.86. The van der Waals surface area contributed by atoms with Crippen molar-refractivity contribution in [3.05, 3.63) is 54.6 Å². The SMILES string of the molecule is O=C(CN1C(=O)C2CCCN2C1=O)Nc1cccc(Oc2ccccc2)c1. The van der Waals surface area contributed by atoms with E-state index in [0.29, 0.717) is 30.2 Å². The van der Waals surface area contributed by atoms with Gasteiger partial charge < -0.3 is 15.0 Å². The number of nitrogens with zero attached hydrogens (tertiary/aromatic N) is 2. The highest BCUT2D eigenvalue weighted by Crippen LogP contribution is 2.27. The highest BCUT2D eigenvalue weighted by atomic mass is 16.5. The molecule has 2 aliphatic rings. The zero-order chi connectivity index (χ0) is 18.8. The predicted octanol–water partition coefficient (Wildman–Crippen LogP) is 2.84. The molecule has 4 rings (SSSR count). The first-order valence-electron chi connectivity index (χ1n) is 8.86. The van der Waals surface area contributed by atoms with Gasteiger partial charge in [0.25, 0.3) is 5.91 Å². The van der Waals surface area contributed by atoms with Crippen LogP contribution in [-0.2, 0) is 9.59 Å². The molecule has 7 heteroatoms. The number of ether oxygens (including phenoxy) is 1. The van der Waals surface area contributed by atoms with Crippen molar-refractivity contribution >= 4 is 23.5 Å². The molecule has 2 aromatic carbocycles. The van der Waals surface area contributed by atoms with Crippen LogP contribution in [0.3, 0.4) is 0 Å². The molecule has 0 bridgehead atoms. The van der Waals surface area contributed by atoms with Gasteiger partial charge in [-0.05, 0) is 37.1 Å². The Bertz CT molecular complexity index is 862. The van der Waals surface area contributed by atoms with E-state index in [-0.39, 0.29) is 18.5 Å². The average molecular weight is 365 g/mol. The van der Waals surface area contributed by atoms with Crippen LogP contribution < -0.4 is 10.1 Å². The lowest BCUT2D eigenvalue weighted by molar-refractivity contribution is -0.131. The van der Waals surface area contributed by atoms with Gasteiger partial charge in [-0.1, -0.05) is 24.3 Å². The lowest BCUT2D eigenvalue weighted by Crippen LogP contribution is -2.39. The average Bonchev–Trinajstić information content (AvgIpc) is 3.23. The largest absolute Gasteiger partial charge is 0.457 e. The van der Waals surface area contributed by atoms with Crippen molar-refractivity contribution in [1.29, 1.82) is 0 Å². The van der Waals surface area contributed by atoms with Crippen molar-refractivity contribution in [2.45, 2.75) is 18.9 Å². The number of nitrogens with one attached hydrogen (secondary N) is 1. The Morgan fingerprint density at radius 1 is 1.07 bits per heavy atom. The molecule has 7 nitrogen and oxygen atoms in total. The summed E-state index contributed by atoms with van der Waals surface area (Å²) in [5.74, 6) is 0.561. The lowest BCUT2D eigenvalue weighted by Gasteiger charge is -2.15. The van der Waals surface area contributed by atoms with Gasteiger partial charge in [0.1, 0.15) is 24.1 Å². The molecule has 0 saturated carbocycles. The molecule has 0 aromatic heterocycles. The number of amides is 4. The summed E-state index contributed by atoms with van der Waals surface area (Å²) in [4.78, 5) is 39.5. The van der Waals surface area contributed by atoms with E-state index >= 15 is 0 Å².